The number of rotatable bonds is 5. The molecule has 104 valence electrons. The zero-order valence-electron chi connectivity index (χ0n) is 12.0. The summed E-state index contributed by atoms with van der Waals surface area (Å²) in [6.45, 7) is 14.5. The Bertz CT molecular complexity index is 293. The van der Waals surface area contributed by atoms with Crippen molar-refractivity contribution in [1.82, 2.24) is 9.80 Å². The van der Waals surface area contributed by atoms with Crippen LogP contribution in [0.4, 0.5) is 0 Å². The first-order valence-electron chi connectivity index (χ1n) is 6.81. The molecule has 0 aromatic carbocycles. The molecule has 1 saturated heterocycles. The predicted octanol–water partition coefficient (Wildman–Crippen LogP) is 1.08. The standard InChI is InChI=1S/C14H27N3O/c1-11(2)9-13(15)14(18)17-7-5-16(6-8-17)10-12(3)4/h11,13H,3,5-10,15H2,1-2,4H3/t13-/m0/s1. The molecule has 18 heavy (non-hydrogen) atoms. The minimum absolute atomic E-state index is 0.110. The molecule has 0 saturated carbocycles. The van der Waals surface area contributed by atoms with E-state index < -0.39 is 0 Å². The molecule has 0 aromatic rings. The lowest BCUT2D eigenvalue weighted by Gasteiger charge is -2.36. The van der Waals surface area contributed by atoms with Crippen molar-refractivity contribution in [1.29, 1.82) is 0 Å². The minimum atomic E-state index is -0.335. The number of hydrogen-bond donors (Lipinski definition) is 1. The van der Waals surface area contributed by atoms with Gasteiger partial charge in [-0.05, 0) is 19.3 Å². The largest absolute Gasteiger partial charge is 0.339 e. The van der Waals surface area contributed by atoms with E-state index >= 15 is 0 Å². The summed E-state index contributed by atoms with van der Waals surface area (Å²) in [5.41, 5.74) is 7.12. The molecular weight excluding hydrogens is 226 g/mol. The van der Waals surface area contributed by atoms with Gasteiger partial charge in [0.2, 0.25) is 5.91 Å². The predicted molar refractivity (Wildman–Crippen MR) is 75.3 cm³/mol. The first-order valence-corrected chi connectivity index (χ1v) is 6.81. The molecule has 1 atom stereocenters. The number of nitrogens with zero attached hydrogens (tertiary/aromatic N) is 2. The van der Waals surface area contributed by atoms with Crippen molar-refractivity contribution in [2.45, 2.75) is 33.2 Å². The second-order valence-electron chi connectivity index (χ2n) is 5.79. The average molecular weight is 253 g/mol. The average Bonchev–Trinajstić information content (AvgIpc) is 2.27. The van der Waals surface area contributed by atoms with Gasteiger partial charge < -0.3 is 10.6 Å². The molecule has 0 unspecified atom stereocenters. The third kappa shape index (κ3) is 4.78. The van der Waals surface area contributed by atoms with Crippen LogP contribution in [-0.2, 0) is 4.79 Å². The smallest absolute Gasteiger partial charge is 0.239 e. The van der Waals surface area contributed by atoms with E-state index in [0.29, 0.717) is 5.92 Å². The molecule has 0 radical (unpaired) electrons. The number of carbonyl (C=O) groups excluding carboxylic acids is 1. The van der Waals surface area contributed by atoms with Gasteiger partial charge in [-0.15, -0.1) is 0 Å². The van der Waals surface area contributed by atoms with Crippen molar-refractivity contribution in [3.8, 4) is 0 Å². The van der Waals surface area contributed by atoms with E-state index in [1.165, 1.54) is 5.57 Å². The minimum Gasteiger partial charge on any atom is -0.339 e. The summed E-state index contributed by atoms with van der Waals surface area (Å²) in [6, 6.07) is -0.335. The highest BCUT2D eigenvalue weighted by molar-refractivity contribution is 5.81. The molecule has 0 bridgehead atoms. The molecule has 0 aliphatic carbocycles. The van der Waals surface area contributed by atoms with Gasteiger partial charge in [0.25, 0.3) is 0 Å². The molecule has 0 spiro atoms. The lowest BCUT2D eigenvalue weighted by Crippen LogP contribution is -2.53. The van der Waals surface area contributed by atoms with Crippen LogP contribution < -0.4 is 5.73 Å². The Morgan fingerprint density at radius 3 is 2.28 bits per heavy atom. The van der Waals surface area contributed by atoms with Crippen LogP contribution in [0.25, 0.3) is 0 Å². The van der Waals surface area contributed by atoms with Gasteiger partial charge in [-0.1, -0.05) is 26.0 Å². The van der Waals surface area contributed by atoms with Gasteiger partial charge >= 0.3 is 0 Å². The Morgan fingerprint density at radius 1 is 1.28 bits per heavy atom. The van der Waals surface area contributed by atoms with Gasteiger partial charge in [-0.3, -0.25) is 9.69 Å². The Morgan fingerprint density at radius 2 is 1.83 bits per heavy atom. The number of carbonyl (C=O) groups is 1. The monoisotopic (exact) mass is 253 g/mol. The molecule has 2 N–H and O–H groups in total. The zero-order chi connectivity index (χ0) is 13.7. The third-order valence-electron chi connectivity index (χ3n) is 3.22. The summed E-state index contributed by atoms with van der Waals surface area (Å²) in [7, 11) is 0. The zero-order valence-corrected chi connectivity index (χ0v) is 12.0. The van der Waals surface area contributed by atoms with E-state index in [-0.39, 0.29) is 11.9 Å². The van der Waals surface area contributed by atoms with Gasteiger partial charge in [0.15, 0.2) is 0 Å². The van der Waals surface area contributed by atoms with E-state index in [2.05, 4.69) is 25.3 Å². The van der Waals surface area contributed by atoms with Crippen molar-refractivity contribution in [3.63, 3.8) is 0 Å². The van der Waals surface area contributed by atoms with Crippen molar-refractivity contribution < 1.29 is 4.79 Å². The maximum absolute atomic E-state index is 12.1. The highest BCUT2D eigenvalue weighted by atomic mass is 16.2. The molecule has 1 rings (SSSR count). The Hall–Kier alpha value is -0.870. The van der Waals surface area contributed by atoms with Crippen LogP contribution in [0.15, 0.2) is 12.2 Å². The molecule has 1 fully saturated rings. The highest BCUT2D eigenvalue weighted by Gasteiger charge is 2.25. The van der Waals surface area contributed by atoms with Crippen molar-refractivity contribution in [2.75, 3.05) is 32.7 Å². The maximum atomic E-state index is 12.1. The second-order valence-corrected chi connectivity index (χ2v) is 5.79. The van der Waals surface area contributed by atoms with Crippen molar-refractivity contribution >= 4 is 5.91 Å². The topological polar surface area (TPSA) is 49.6 Å². The fourth-order valence-electron chi connectivity index (χ4n) is 2.35. The lowest BCUT2D eigenvalue weighted by atomic mass is 10.0. The number of hydrogen-bond acceptors (Lipinski definition) is 3. The van der Waals surface area contributed by atoms with Crippen LogP contribution in [0.2, 0.25) is 0 Å². The van der Waals surface area contributed by atoms with E-state index in [4.69, 9.17) is 5.73 Å². The first kappa shape index (κ1) is 15.2. The number of amides is 1. The Kier molecular flexibility index (Phi) is 5.82. The van der Waals surface area contributed by atoms with Gasteiger partial charge in [-0.25, -0.2) is 0 Å². The summed E-state index contributed by atoms with van der Waals surface area (Å²) in [4.78, 5) is 16.4. The highest BCUT2D eigenvalue weighted by Crippen LogP contribution is 2.09. The van der Waals surface area contributed by atoms with Crippen LogP contribution in [0, 0.1) is 5.92 Å². The van der Waals surface area contributed by atoms with Crippen LogP contribution >= 0.6 is 0 Å². The SMILES string of the molecule is C=C(C)CN1CCN(C(=O)[C@@H](N)CC(C)C)CC1. The molecule has 4 nitrogen and oxygen atoms in total. The fraction of sp³-hybridized carbons (Fsp3) is 0.786. The normalized spacial score (nSPS) is 19.1. The van der Waals surface area contributed by atoms with E-state index in [1.807, 2.05) is 11.8 Å². The molecule has 1 amide bonds. The summed E-state index contributed by atoms with van der Waals surface area (Å²) >= 11 is 0. The summed E-state index contributed by atoms with van der Waals surface area (Å²) in [5, 5.41) is 0. The second kappa shape index (κ2) is 6.90. The number of piperazine rings is 1. The first-order chi connectivity index (χ1) is 8.40. The van der Waals surface area contributed by atoms with Crippen molar-refractivity contribution in [3.05, 3.63) is 12.2 Å². The van der Waals surface area contributed by atoms with Crippen LogP contribution in [0.1, 0.15) is 27.2 Å². The third-order valence-corrected chi connectivity index (χ3v) is 3.22. The number of nitrogens with two attached hydrogens (primary N) is 1. The summed E-state index contributed by atoms with van der Waals surface area (Å²) < 4.78 is 0. The van der Waals surface area contributed by atoms with Crippen LogP contribution in [0.5, 0.6) is 0 Å². The van der Waals surface area contributed by atoms with Crippen LogP contribution in [0.3, 0.4) is 0 Å². The fourth-order valence-corrected chi connectivity index (χ4v) is 2.35. The lowest BCUT2D eigenvalue weighted by molar-refractivity contribution is -0.134. The van der Waals surface area contributed by atoms with Gasteiger partial charge in [0, 0.05) is 32.7 Å². The summed E-state index contributed by atoms with van der Waals surface area (Å²) in [6.07, 6.45) is 0.769. The molecule has 1 aliphatic heterocycles. The Labute approximate surface area is 111 Å². The van der Waals surface area contributed by atoms with Crippen molar-refractivity contribution in [2.24, 2.45) is 11.7 Å². The molecule has 0 aromatic heterocycles. The molecule has 1 aliphatic rings. The van der Waals surface area contributed by atoms with E-state index in [0.717, 1.165) is 39.1 Å². The quantitative estimate of drug-likeness (QED) is 0.746. The van der Waals surface area contributed by atoms with Gasteiger partial charge in [-0.2, -0.15) is 0 Å². The molecule has 1 heterocycles. The van der Waals surface area contributed by atoms with Crippen LogP contribution in [-0.4, -0.2) is 54.5 Å². The van der Waals surface area contributed by atoms with Gasteiger partial charge in [0.05, 0.1) is 6.04 Å². The van der Waals surface area contributed by atoms with E-state index in [9.17, 15) is 4.79 Å². The van der Waals surface area contributed by atoms with E-state index in [1.54, 1.807) is 0 Å². The molecule has 4 heteroatoms. The molecular formula is C14H27N3O. The Balaban J connectivity index is 2.38. The summed E-state index contributed by atoms with van der Waals surface area (Å²) in [5.74, 6) is 0.576. The van der Waals surface area contributed by atoms with Gasteiger partial charge in [0.1, 0.15) is 0 Å². The maximum Gasteiger partial charge on any atom is 0.239 e.